The lowest BCUT2D eigenvalue weighted by molar-refractivity contribution is -0.140. The van der Waals surface area contributed by atoms with Gasteiger partial charge in [0.05, 0.1) is 6.42 Å². The minimum Gasteiger partial charge on any atom is -0.481 e. The van der Waals surface area contributed by atoms with E-state index in [9.17, 15) is 19.2 Å². The Bertz CT molecular complexity index is 368. The van der Waals surface area contributed by atoms with Crippen LogP contribution < -0.4 is 16.4 Å². The standard InChI is InChI=1S/C9H13N3O5/c10-6(13)3-5-9(17)11-4(8(16)12-5)1-2-7(14)15/h4-5H,1-3H2,(H2,10,13)(H,11,17)(H,12,16)(H,14,15). The predicted octanol–water partition coefficient (Wildman–Crippen LogP) is -2.29. The molecule has 1 aliphatic rings. The van der Waals surface area contributed by atoms with E-state index in [1.165, 1.54) is 0 Å². The Morgan fingerprint density at radius 3 is 2.24 bits per heavy atom. The van der Waals surface area contributed by atoms with Crippen LogP contribution in [0.5, 0.6) is 0 Å². The minimum absolute atomic E-state index is 0.0101. The van der Waals surface area contributed by atoms with Gasteiger partial charge in [-0.15, -0.1) is 0 Å². The first-order chi connectivity index (χ1) is 7.90. The highest BCUT2D eigenvalue weighted by Gasteiger charge is 2.34. The Morgan fingerprint density at radius 2 is 1.71 bits per heavy atom. The van der Waals surface area contributed by atoms with E-state index in [0.717, 1.165) is 0 Å². The second kappa shape index (κ2) is 5.28. The second-order valence-electron chi connectivity index (χ2n) is 3.73. The first kappa shape index (κ1) is 12.9. The SMILES string of the molecule is NC(=O)CC1NC(=O)C(CCC(=O)O)NC1=O. The van der Waals surface area contributed by atoms with Crippen molar-refractivity contribution in [3.63, 3.8) is 0 Å². The maximum atomic E-state index is 11.5. The van der Waals surface area contributed by atoms with Crippen LogP contribution in [-0.2, 0) is 19.2 Å². The van der Waals surface area contributed by atoms with Gasteiger partial charge in [-0.3, -0.25) is 19.2 Å². The average molecular weight is 243 g/mol. The van der Waals surface area contributed by atoms with Gasteiger partial charge in [-0.2, -0.15) is 0 Å². The molecule has 5 N–H and O–H groups in total. The van der Waals surface area contributed by atoms with E-state index in [4.69, 9.17) is 10.8 Å². The Kier molecular flexibility index (Phi) is 4.02. The monoisotopic (exact) mass is 243 g/mol. The summed E-state index contributed by atoms with van der Waals surface area (Å²) in [7, 11) is 0. The van der Waals surface area contributed by atoms with Crippen LogP contribution in [0.1, 0.15) is 19.3 Å². The van der Waals surface area contributed by atoms with E-state index in [1.807, 2.05) is 0 Å². The van der Waals surface area contributed by atoms with Crippen LogP contribution in [0, 0.1) is 0 Å². The number of piperazine rings is 1. The van der Waals surface area contributed by atoms with E-state index in [2.05, 4.69) is 10.6 Å². The lowest BCUT2D eigenvalue weighted by Crippen LogP contribution is -2.62. The van der Waals surface area contributed by atoms with Gasteiger partial charge in [0.2, 0.25) is 17.7 Å². The lowest BCUT2D eigenvalue weighted by Gasteiger charge is -2.28. The van der Waals surface area contributed by atoms with Crippen LogP contribution in [-0.4, -0.2) is 40.9 Å². The van der Waals surface area contributed by atoms with Gasteiger partial charge in [-0.25, -0.2) is 0 Å². The molecular weight excluding hydrogens is 230 g/mol. The molecule has 1 aliphatic heterocycles. The molecule has 0 radical (unpaired) electrons. The first-order valence-electron chi connectivity index (χ1n) is 5.01. The third-order valence-corrected chi connectivity index (χ3v) is 2.32. The van der Waals surface area contributed by atoms with Crippen molar-refractivity contribution in [2.24, 2.45) is 5.73 Å². The molecule has 8 nitrogen and oxygen atoms in total. The van der Waals surface area contributed by atoms with Gasteiger partial charge in [0, 0.05) is 6.42 Å². The Hall–Kier alpha value is -2.12. The topological polar surface area (TPSA) is 139 Å². The molecule has 2 unspecified atom stereocenters. The summed E-state index contributed by atoms with van der Waals surface area (Å²) in [5.41, 5.74) is 4.92. The van der Waals surface area contributed by atoms with Crippen LogP contribution in [0.15, 0.2) is 0 Å². The molecule has 1 saturated heterocycles. The quantitative estimate of drug-likeness (QED) is 0.430. The van der Waals surface area contributed by atoms with Crippen molar-refractivity contribution in [3.8, 4) is 0 Å². The van der Waals surface area contributed by atoms with Crippen LogP contribution >= 0.6 is 0 Å². The molecule has 3 amide bonds. The molecule has 17 heavy (non-hydrogen) atoms. The number of aliphatic carboxylic acids is 1. The Morgan fingerprint density at radius 1 is 1.18 bits per heavy atom. The van der Waals surface area contributed by atoms with E-state index >= 15 is 0 Å². The van der Waals surface area contributed by atoms with Gasteiger partial charge in [0.15, 0.2) is 0 Å². The van der Waals surface area contributed by atoms with Gasteiger partial charge in [-0.1, -0.05) is 0 Å². The summed E-state index contributed by atoms with van der Waals surface area (Å²) in [6, 6.07) is -1.84. The summed E-state index contributed by atoms with van der Waals surface area (Å²) in [6.45, 7) is 0. The number of carboxylic acid groups (broad SMARTS) is 1. The van der Waals surface area contributed by atoms with E-state index < -0.39 is 35.8 Å². The molecule has 0 aliphatic carbocycles. The number of primary amides is 1. The molecule has 1 rings (SSSR count). The molecule has 0 aromatic rings. The number of hydrogen-bond acceptors (Lipinski definition) is 4. The molecule has 0 bridgehead atoms. The maximum absolute atomic E-state index is 11.5. The second-order valence-corrected chi connectivity index (χ2v) is 3.73. The molecule has 94 valence electrons. The minimum atomic E-state index is -1.05. The van der Waals surface area contributed by atoms with Gasteiger partial charge in [0.1, 0.15) is 12.1 Å². The van der Waals surface area contributed by atoms with Gasteiger partial charge in [0.25, 0.3) is 0 Å². The predicted molar refractivity (Wildman–Crippen MR) is 54.5 cm³/mol. The molecular formula is C9H13N3O5. The summed E-state index contributed by atoms with van der Waals surface area (Å²) in [5, 5.41) is 13.1. The largest absolute Gasteiger partial charge is 0.481 e. The van der Waals surface area contributed by atoms with Gasteiger partial charge >= 0.3 is 5.97 Å². The molecule has 1 fully saturated rings. The number of rotatable bonds is 5. The van der Waals surface area contributed by atoms with Crippen molar-refractivity contribution in [1.29, 1.82) is 0 Å². The average Bonchev–Trinajstić information content (AvgIpc) is 2.20. The van der Waals surface area contributed by atoms with Crippen molar-refractivity contribution in [1.82, 2.24) is 10.6 Å². The molecule has 1 heterocycles. The number of carbonyl (C=O) groups excluding carboxylic acids is 3. The number of amides is 3. The number of carbonyl (C=O) groups is 4. The third kappa shape index (κ3) is 3.74. The van der Waals surface area contributed by atoms with Gasteiger partial charge in [-0.05, 0) is 6.42 Å². The molecule has 2 atom stereocenters. The van der Waals surface area contributed by atoms with E-state index in [1.54, 1.807) is 0 Å². The number of hydrogen-bond donors (Lipinski definition) is 4. The number of nitrogens with two attached hydrogens (primary N) is 1. The highest BCUT2D eigenvalue weighted by molar-refractivity contribution is 5.99. The Balaban J connectivity index is 2.55. The number of nitrogens with one attached hydrogen (secondary N) is 2. The van der Waals surface area contributed by atoms with E-state index in [0.29, 0.717) is 0 Å². The summed E-state index contributed by atoms with van der Waals surface area (Å²) in [5.74, 6) is -2.78. The Labute approximate surface area is 96.5 Å². The fourth-order valence-corrected chi connectivity index (χ4v) is 1.49. The van der Waals surface area contributed by atoms with Crippen molar-refractivity contribution in [3.05, 3.63) is 0 Å². The molecule has 0 spiro atoms. The zero-order valence-electron chi connectivity index (χ0n) is 8.93. The molecule has 0 aromatic heterocycles. The fraction of sp³-hybridized carbons (Fsp3) is 0.556. The van der Waals surface area contributed by atoms with Crippen molar-refractivity contribution in [2.45, 2.75) is 31.3 Å². The summed E-state index contributed by atoms with van der Waals surface area (Å²) in [4.78, 5) is 43.9. The van der Waals surface area contributed by atoms with Crippen LogP contribution in [0.2, 0.25) is 0 Å². The maximum Gasteiger partial charge on any atom is 0.303 e. The summed E-state index contributed by atoms with van der Waals surface area (Å²) >= 11 is 0. The van der Waals surface area contributed by atoms with Crippen molar-refractivity contribution in [2.75, 3.05) is 0 Å². The zero-order valence-corrected chi connectivity index (χ0v) is 8.93. The number of carboxylic acids is 1. The third-order valence-electron chi connectivity index (χ3n) is 2.32. The summed E-state index contributed by atoms with van der Waals surface area (Å²) in [6.07, 6.45) is -0.488. The van der Waals surface area contributed by atoms with Crippen molar-refractivity contribution < 1.29 is 24.3 Å². The first-order valence-corrected chi connectivity index (χ1v) is 5.01. The zero-order chi connectivity index (χ0) is 13.0. The smallest absolute Gasteiger partial charge is 0.303 e. The van der Waals surface area contributed by atoms with Gasteiger partial charge < -0.3 is 21.5 Å². The van der Waals surface area contributed by atoms with E-state index in [-0.39, 0.29) is 19.3 Å². The molecule has 8 heteroatoms. The van der Waals surface area contributed by atoms with Crippen LogP contribution in [0.3, 0.4) is 0 Å². The molecule has 0 aromatic carbocycles. The molecule has 0 saturated carbocycles. The highest BCUT2D eigenvalue weighted by Crippen LogP contribution is 2.06. The van der Waals surface area contributed by atoms with Crippen LogP contribution in [0.4, 0.5) is 0 Å². The normalized spacial score (nSPS) is 23.8. The lowest BCUT2D eigenvalue weighted by atomic mass is 10.0. The van der Waals surface area contributed by atoms with Crippen LogP contribution in [0.25, 0.3) is 0 Å². The highest BCUT2D eigenvalue weighted by atomic mass is 16.4. The fourth-order valence-electron chi connectivity index (χ4n) is 1.49. The van der Waals surface area contributed by atoms with Crippen molar-refractivity contribution >= 4 is 23.7 Å². The summed E-state index contributed by atoms with van der Waals surface area (Å²) < 4.78 is 0.